The Morgan fingerprint density at radius 3 is 2.50 bits per heavy atom. The summed E-state index contributed by atoms with van der Waals surface area (Å²) in [6, 6.07) is 15.0. The highest BCUT2D eigenvalue weighted by Gasteiger charge is 2.08. The van der Waals surface area contributed by atoms with Gasteiger partial charge in [-0.1, -0.05) is 42.0 Å². The van der Waals surface area contributed by atoms with Crippen LogP contribution >= 0.6 is 0 Å². The highest BCUT2D eigenvalue weighted by Crippen LogP contribution is 2.12. The van der Waals surface area contributed by atoms with E-state index in [9.17, 15) is 9.59 Å². The lowest BCUT2D eigenvalue weighted by molar-refractivity contribution is -0.147. The van der Waals surface area contributed by atoms with Gasteiger partial charge in [0.2, 0.25) is 0 Å². The second-order valence-corrected chi connectivity index (χ2v) is 5.45. The van der Waals surface area contributed by atoms with Gasteiger partial charge in [0.1, 0.15) is 5.75 Å². The first-order valence-electron chi connectivity index (χ1n) is 7.67. The average Bonchev–Trinajstić information content (AvgIpc) is 2.60. The number of aryl methyl sites for hydroxylation is 1. The van der Waals surface area contributed by atoms with Gasteiger partial charge in [0.25, 0.3) is 5.91 Å². The van der Waals surface area contributed by atoms with Crippen LogP contribution in [0.25, 0.3) is 0 Å². The van der Waals surface area contributed by atoms with E-state index in [1.165, 1.54) is 0 Å². The molecule has 0 saturated carbocycles. The molecule has 0 aromatic heterocycles. The predicted molar refractivity (Wildman–Crippen MR) is 90.7 cm³/mol. The van der Waals surface area contributed by atoms with Crippen molar-refractivity contribution in [1.29, 1.82) is 0 Å². The molecule has 24 heavy (non-hydrogen) atoms. The van der Waals surface area contributed by atoms with Crippen LogP contribution < -0.4 is 10.1 Å². The summed E-state index contributed by atoms with van der Waals surface area (Å²) in [5.41, 5.74) is 2.90. The summed E-state index contributed by atoms with van der Waals surface area (Å²) < 4.78 is 10.1. The van der Waals surface area contributed by atoms with Crippen LogP contribution in [0.1, 0.15) is 16.7 Å². The number of carbonyl (C=O) groups excluding carboxylic acids is 2. The van der Waals surface area contributed by atoms with Crippen LogP contribution in [0.5, 0.6) is 5.75 Å². The molecule has 2 rings (SSSR count). The van der Waals surface area contributed by atoms with E-state index in [1.807, 2.05) is 55.5 Å². The van der Waals surface area contributed by atoms with Crippen LogP contribution in [0.2, 0.25) is 0 Å². The summed E-state index contributed by atoms with van der Waals surface area (Å²) in [4.78, 5) is 23.5. The predicted octanol–water partition coefficient (Wildman–Crippen LogP) is 2.41. The minimum Gasteiger partial charge on any atom is -0.497 e. The van der Waals surface area contributed by atoms with Gasteiger partial charge in [-0.05, 0) is 30.2 Å². The van der Waals surface area contributed by atoms with E-state index in [-0.39, 0.29) is 18.9 Å². The van der Waals surface area contributed by atoms with Crippen LogP contribution in [-0.2, 0) is 27.3 Å². The van der Waals surface area contributed by atoms with E-state index in [1.54, 1.807) is 7.11 Å². The molecule has 0 fully saturated rings. The molecule has 0 bridgehead atoms. The smallest absolute Gasteiger partial charge is 0.310 e. The number of methoxy groups -OCH3 is 1. The van der Waals surface area contributed by atoms with Crippen molar-refractivity contribution in [2.75, 3.05) is 13.7 Å². The standard InChI is InChI=1S/C19H21NO4/c1-14-6-8-15(9-7-14)11-19(22)24-13-18(21)20-12-16-4-3-5-17(10-16)23-2/h3-10H,11-13H2,1-2H3,(H,20,21). The van der Waals surface area contributed by atoms with Crippen molar-refractivity contribution in [1.82, 2.24) is 5.32 Å². The number of amides is 1. The number of nitrogens with one attached hydrogen (secondary N) is 1. The van der Waals surface area contributed by atoms with E-state index in [0.717, 1.165) is 22.4 Å². The number of carbonyl (C=O) groups is 2. The summed E-state index contributed by atoms with van der Waals surface area (Å²) >= 11 is 0. The van der Waals surface area contributed by atoms with Gasteiger partial charge in [-0.25, -0.2) is 0 Å². The van der Waals surface area contributed by atoms with Crippen LogP contribution in [0, 0.1) is 6.92 Å². The van der Waals surface area contributed by atoms with Crippen LogP contribution in [0.4, 0.5) is 0 Å². The Hall–Kier alpha value is -2.82. The number of rotatable bonds is 7. The fraction of sp³-hybridized carbons (Fsp3) is 0.263. The molecule has 0 spiro atoms. The maximum Gasteiger partial charge on any atom is 0.310 e. The Kier molecular flexibility index (Phi) is 6.37. The first kappa shape index (κ1) is 17.5. The summed E-state index contributed by atoms with van der Waals surface area (Å²) in [6.07, 6.45) is 0.156. The molecule has 0 unspecified atom stereocenters. The minimum absolute atomic E-state index is 0.156. The van der Waals surface area contributed by atoms with E-state index in [4.69, 9.17) is 9.47 Å². The molecule has 2 aromatic carbocycles. The molecule has 5 heteroatoms. The monoisotopic (exact) mass is 327 g/mol. The van der Waals surface area contributed by atoms with Gasteiger partial charge in [0.05, 0.1) is 13.5 Å². The molecule has 0 aliphatic heterocycles. The molecule has 1 N–H and O–H groups in total. The lowest BCUT2D eigenvalue weighted by Gasteiger charge is -2.08. The largest absolute Gasteiger partial charge is 0.497 e. The Labute approximate surface area is 141 Å². The van der Waals surface area contributed by atoms with E-state index >= 15 is 0 Å². The third-order valence-corrected chi connectivity index (χ3v) is 3.46. The van der Waals surface area contributed by atoms with Gasteiger partial charge in [-0.3, -0.25) is 9.59 Å². The SMILES string of the molecule is COc1cccc(CNC(=O)COC(=O)Cc2ccc(C)cc2)c1. The molecular formula is C19H21NO4. The van der Waals surface area contributed by atoms with Crippen molar-refractivity contribution in [3.63, 3.8) is 0 Å². The van der Waals surface area contributed by atoms with Crippen molar-refractivity contribution < 1.29 is 19.1 Å². The maximum atomic E-state index is 11.8. The Bertz CT molecular complexity index is 695. The van der Waals surface area contributed by atoms with Gasteiger partial charge in [-0.2, -0.15) is 0 Å². The van der Waals surface area contributed by atoms with Crippen molar-refractivity contribution in [3.8, 4) is 5.75 Å². The van der Waals surface area contributed by atoms with Gasteiger partial charge in [0, 0.05) is 6.54 Å². The maximum absolute atomic E-state index is 11.8. The summed E-state index contributed by atoms with van der Waals surface area (Å²) in [6.45, 7) is 2.05. The van der Waals surface area contributed by atoms with Gasteiger partial charge < -0.3 is 14.8 Å². The van der Waals surface area contributed by atoms with Gasteiger partial charge in [0.15, 0.2) is 6.61 Å². The lowest BCUT2D eigenvalue weighted by Crippen LogP contribution is -2.28. The van der Waals surface area contributed by atoms with E-state index in [2.05, 4.69) is 5.32 Å². The molecular weight excluding hydrogens is 306 g/mol. The first-order chi connectivity index (χ1) is 11.6. The molecule has 0 radical (unpaired) electrons. The average molecular weight is 327 g/mol. The molecule has 0 aliphatic carbocycles. The zero-order valence-electron chi connectivity index (χ0n) is 13.9. The molecule has 126 valence electrons. The summed E-state index contributed by atoms with van der Waals surface area (Å²) in [5.74, 6) is -0.0308. The fourth-order valence-corrected chi connectivity index (χ4v) is 2.10. The number of esters is 1. The summed E-state index contributed by atoms with van der Waals surface area (Å²) in [7, 11) is 1.59. The Morgan fingerprint density at radius 2 is 1.79 bits per heavy atom. The van der Waals surface area contributed by atoms with Crippen molar-refractivity contribution in [2.24, 2.45) is 0 Å². The fourth-order valence-electron chi connectivity index (χ4n) is 2.10. The molecule has 2 aromatic rings. The van der Waals surface area contributed by atoms with Crippen molar-refractivity contribution in [2.45, 2.75) is 19.9 Å². The number of hydrogen-bond acceptors (Lipinski definition) is 4. The zero-order valence-corrected chi connectivity index (χ0v) is 13.9. The second-order valence-electron chi connectivity index (χ2n) is 5.45. The van der Waals surface area contributed by atoms with Crippen molar-refractivity contribution in [3.05, 3.63) is 65.2 Å². The normalized spacial score (nSPS) is 10.1. The first-order valence-corrected chi connectivity index (χ1v) is 7.67. The topological polar surface area (TPSA) is 64.6 Å². The molecule has 0 heterocycles. The quantitative estimate of drug-likeness (QED) is 0.793. The molecule has 0 aliphatic rings. The highest BCUT2D eigenvalue weighted by atomic mass is 16.5. The zero-order chi connectivity index (χ0) is 17.4. The third-order valence-electron chi connectivity index (χ3n) is 3.46. The third kappa shape index (κ3) is 5.76. The number of hydrogen-bond donors (Lipinski definition) is 1. The summed E-state index contributed by atoms with van der Waals surface area (Å²) in [5, 5.41) is 2.71. The van der Waals surface area contributed by atoms with E-state index < -0.39 is 5.97 Å². The van der Waals surface area contributed by atoms with Gasteiger partial charge >= 0.3 is 5.97 Å². The molecule has 5 nitrogen and oxygen atoms in total. The molecule has 1 amide bonds. The Balaban J connectivity index is 1.72. The van der Waals surface area contributed by atoms with Crippen LogP contribution in [0.3, 0.4) is 0 Å². The van der Waals surface area contributed by atoms with Crippen LogP contribution in [0.15, 0.2) is 48.5 Å². The number of benzene rings is 2. The van der Waals surface area contributed by atoms with Crippen LogP contribution in [-0.4, -0.2) is 25.6 Å². The molecule has 0 atom stereocenters. The van der Waals surface area contributed by atoms with Gasteiger partial charge in [-0.15, -0.1) is 0 Å². The second kappa shape index (κ2) is 8.72. The van der Waals surface area contributed by atoms with E-state index in [0.29, 0.717) is 6.54 Å². The number of ether oxygens (including phenoxy) is 2. The highest BCUT2D eigenvalue weighted by molar-refractivity contribution is 5.81. The molecule has 0 saturated heterocycles. The minimum atomic E-state index is -0.421. The Morgan fingerprint density at radius 1 is 1.04 bits per heavy atom. The van der Waals surface area contributed by atoms with Crippen molar-refractivity contribution >= 4 is 11.9 Å². The lowest BCUT2D eigenvalue weighted by atomic mass is 10.1.